The topological polar surface area (TPSA) is 58.6 Å². The quantitative estimate of drug-likeness (QED) is 0.641. The van der Waals surface area contributed by atoms with Crippen molar-refractivity contribution in [2.75, 3.05) is 5.48 Å². The van der Waals surface area contributed by atoms with Crippen LogP contribution in [0.1, 0.15) is 5.56 Å². The summed E-state index contributed by atoms with van der Waals surface area (Å²) in [6.45, 7) is 0. The summed E-state index contributed by atoms with van der Waals surface area (Å²) in [5, 5.41) is 0. The molecular formula is C13H14NO3P. The molecule has 0 amide bonds. The standard InChI is InChI=1S/C13H14NO3P/c15-18(16,11-12-7-3-1-4-8-12)17-14-13-9-5-2-6-10-13/h1-10,14H,11H2,(H,15,16). The normalized spacial score (nSPS) is 13.8. The van der Waals surface area contributed by atoms with E-state index in [1.54, 1.807) is 24.3 Å². The zero-order valence-electron chi connectivity index (χ0n) is 9.69. The SMILES string of the molecule is O=P(O)(Cc1ccccc1)ONc1ccccc1. The molecule has 0 aliphatic carbocycles. The molecule has 2 aromatic rings. The van der Waals surface area contributed by atoms with Crippen LogP contribution in [-0.2, 0) is 15.4 Å². The van der Waals surface area contributed by atoms with E-state index >= 15 is 0 Å². The summed E-state index contributed by atoms with van der Waals surface area (Å²) in [5.41, 5.74) is 3.89. The third kappa shape index (κ3) is 4.00. The molecule has 4 nitrogen and oxygen atoms in total. The molecule has 0 bridgehead atoms. The Bertz CT molecular complexity index is 530. The van der Waals surface area contributed by atoms with Crippen LogP contribution in [0.5, 0.6) is 0 Å². The third-order valence-electron chi connectivity index (χ3n) is 2.31. The summed E-state index contributed by atoms with van der Waals surface area (Å²) in [6.07, 6.45) is -0.0202. The fourth-order valence-electron chi connectivity index (χ4n) is 1.48. The van der Waals surface area contributed by atoms with Crippen LogP contribution in [0.15, 0.2) is 60.7 Å². The highest BCUT2D eigenvalue weighted by Gasteiger charge is 2.20. The van der Waals surface area contributed by atoms with Crippen molar-refractivity contribution in [1.82, 2.24) is 0 Å². The molecule has 2 aromatic carbocycles. The first-order chi connectivity index (χ1) is 8.66. The van der Waals surface area contributed by atoms with Crippen LogP contribution in [0.4, 0.5) is 5.69 Å². The summed E-state index contributed by atoms with van der Waals surface area (Å²) in [7, 11) is -3.69. The molecule has 0 aliphatic heterocycles. The van der Waals surface area contributed by atoms with Crippen molar-refractivity contribution in [2.45, 2.75) is 6.16 Å². The van der Waals surface area contributed by atoms with Crippen molar-refractivity contribution in [3.63, 3.8) is 0 Å². The van der Waals surface area contributed by atoms with Crippen molar-refractivity contribution in [2.24, 2.45) is 0 Å². The average Bonchev–Trinajstić information content (AvgIpc) is 2.38. The van der Waals surface area contributed by atoms with Gasteiger partial charge in [0.1, 0.15) is 0 Å². The van der Waals surface area contributed by atoms with Crippen LogP contribution in [0.25, 0.3) is 0 Å². The van der Waals surface area contributed by atoms with E-state index in [9.17, 15) is 9.46 Å². The number of hydrogen-bond acceptors (Lipinski definition) is 3. The van der Waals surface area contributed by atoms with E-state index < -0.39 is 7.60 Å². The lowest BCUT2D eigenvalue weighted by molar-refractivity contribution is 0.310. The summed E-state index contributed by atoms with van der Waals surface area (Å²) in [4.78, 5) is 9.70. The fraction of sp³-hybridized carbons (Fsp3) is 0.0769. The molecule has 94 valence electrons. The molecule has 18 heavy (non-hydrogen) atoms. The van der Waals surface area contributed by atoms with Crippen molar-refractivity contribution in [1.29, 1.82) is 0 Å². The molecule has 2 rings (SSSR count). The van der Waals surface area contributed by atoms with Gasteiger partial charge < -0.3 is 4.89 Å². The van der Waals surface area contributed by atoms with E-state index in [1.165, 1.54) is 0 Å². The lowest BCUT2D eigenvalue weighted by Gasteiger charge is -2.13. The molecule has 0 radical (unpaired) electrons. The molecule has 0 aromatic heterocycles. The van der Waals surface area contributed by atoms with Crippen LogP contribution in [-0.4, -0.2) is 4.89 Å². The largest absolute Gasteiger partial charge is 0.353 e. The van der Waals surface area contributed by atoms with E-state index in [2.05, 4.69) is 5.48 Å². The van der Waals surface area contributed by atoms with Crippen molar-refractivity contribution >= 4 is 13.3 Å². The zero-order valence-corrected chi connectivity index (χ0v) is 10.6. The van der Waals surface area contributed by atoms with Gasteiger partial charge in [-0.25, -0.2) is 0 Å². The highest BCUT2D eigenvalue weighted by Crippen LogP contribution is 2.45. The molecule has 2 N–H and O–H groups in total. The number of anilines is 1. The highest BCUT2D eigenvalue weighted by atomic mass is 31.2. The first-order valence-corrected chi connectivity index (χ1v) is 7.27. The Hall–Kier alpha value is -1.61. The van der Waals surface area contributed by atoms with Gasteiger partial charge in [-0.05, 0) is 17.7 Å². The van der Waals surface area contributed by atoms with Gasteiger partial charge in [-0.15, -0.1) is 0 Å². The zero-order chi connectivity index (χ0) is 12.8. The Morgan fingerprint density at radius 3 is 2.17 bits per heavy atom. The maximum absolute atomic E-state index is 11.8. The predicted molar refractivity (Wildman–Crippen MR) is 71.1 cm³/mol. The summed E-state index contributed by atoms with van der Waals surface area (Å²) in [6, 6.07) is 18.0. The van der Waals surface area contributed by atoms with Gasteiger partial charge in [-0.3, -0.25) is 10.0 Å². The summed E-state index contributed by atoms with van der Waals surface area (Å²) < 4.78 is 16.7. The first-order valence-electron chi connectivity index (χ1n) is 5.51. The van der Waals surface area contributed by atoms with Crippen molar-refractivity contribution < 1.29 is 14.1 Å². The molecular weight excluding hydrogens is 249 g/mol. The number of hydrogen-bond donors (Lipinski definition) is 2. The lowest BCUT2D eigenvalue weighted by atomic mass is 10.2. The van der Waals surface area contributed by atoms with E-state index in [1.807, 2.05) is 36.4 Å². The van der Waals surface area contributed by atoms with Gasteiger partial charge in [0, 0.05) is 0 Å². The maximum Gasteiger partial charge on any atom is 0.353 e. The van der Waals surface area contributed by atoms with E-state index in [4.69, 9.17) is 4.62 Å². The minimum atomic E-state index is -3.69. The second-order valence-corrected chi connectivity index (χ2v) is 5.61. The number of nitrogens with one attached hydrogen (secondary N) is 1. The average molecular weight is 263 g/mol. The van der Waals surface area contributed by atoms with Crippen LogP contribution in [0.3, 0.4) is 0 Å². The fourth-order valence-corrected chi connectivity index (χ4v) is 2.46. The van der Waals surface area contributed by atoms with Gasteiger partial charge in [0.05, 0.1) is 11.8 Å². The third-order valence-corrected chi connectivity index (χ3v) is 3.45. The molecule has 1 atom stereocenters. The Kier molecular flexibility index (Phi) is 4.15. The van der Waals surface area contributed by atoms with Crippen molar-refractivity contribution in [3.8, 4) is 0 Å². The summed E-state index contributed by atoms with van der Waals surface area (Å²) in [5.74, 6) is 0. The first kappa shape index (κ1) is 12.8. The van der Waals surface area contributed by atoms with Crippen molar-refractivity contribution in [3.05, 3.63) is 66.2 Å². The molecule has 5 heteroatoms. The minimum absolute atomic E-state index is 0.0202. The Balaban J connectivity index is 1.94. The van der Waals surface area contributed by atoms with Gasteiger partial charge in [-0.2, -0.15) is 4.62 Å². The van der Waals surface area contributed by atoms with E-state index in [0.29, 0.717) is 5.69 Å². The van der Waals surface area contributed by atoms with Gasteiger partial charge in [-0.1, -0.05) is 48.5 Å². The van der Waals surface area contributed by atoms with Crippen LogP contribution >= 0.6 is 7.60 Å². The van der Waals surface area contributed by atoms with Gasteiger partial charge in [0.15, 0.2) is 0 Å². The van der Waals surface area contributed by atoms with E-state index in [0.717, 1.165) is 5.56 Å². The van der Waals surface area contributed by atoms with E-state index in [-0.39, 0.29) is 6.16 Å². The minimum Gasteiger partial charge on any atom is -0.323 e. The van der Waals surface area contributed by atoms with Crippen LogP contribution in [0, 0.1) is 0 Å². The molecule has 1 unspecified atom stereocenters. The molecule has 0 saturated heterocycles. The molecule has 0 fully saturated rings. The van der Waals surface area contributed by atoms with Crippen LogP contribution in [0.2, 0.25) is 0 Å². The highest BCUT2D eigenvalue weighted by molar-refractivity contribution is 7.52. The lowest BCUT2D eigenvalue weighted by Crippen LogP contribution is -2.01. The Morgan fingerprint density at radius 1 is 1.00 bits per heavy atom. The van der Waals surface area contributed by atoms with Gasteiger partial charge >= 0.3 is 7.60 Å². The number of para-hydroxylation sites is 1. The monoisotopic (exact) mass is 263 g/mol. The second-order valence-electron chi connectivity index (χ2n) is 3.84. The second kappa shape index (κ2) is 5.83. The number of benzene rings is 2. The maximum atomic E-state index is 11.8. The van der Waals surface area contributed by atoms with Gasteiger partial charge in [0.25, 0.3) is 0 Å². The molecule has 0 spiro atoms. The molecule has 0 saturated carbocycles. The Morgan fingerprint density at radius 2 is 1.56 bits per heavy atom. The van der Waals surface area contributed by atoms with Crippen LogP contribution < -0.4 is 5.48 Å². The summed E-state index contributed by atoms with van der Waals surface area (Å²) >= 11 is 0. The Labute approximate surface area is 106 Å². The molecule has 0 aliphatic rings. The molecule has 0 heterocycles. The van der Waals surface area contributed by atoms with Gasteiger partial charge in [0.2, 0.25) is 0 Å². The number of rotatable bonds is 5. The predicted octanol–water partition coefficient (Wildman–Crippen LogP) is 3.42. The smallest absolute Gasteiger partial charge is 0.323 e.